The number of aromatic nitrogens is 2. The molecule has 2 aromatic rings. The molecule has 2 aromatic heterocycles. The molecule has 0 saturated carbocycles. The Morgan fingerprint density at radius 3 is 2.53 bits per heavy atom. The van der Waals surface area contributed by atoms with E-state index in [-0.39, 0.29) is 6.61 Å². The lowest BCUT2D eigenvalue weighted by Crippen LogP contribution is -2.09. The van der Waals surface area contributed by atoms with Crippen molar-refractivity contribution in [3.63, 3.8) is 0 Å². The third kappa shape index (κ3) is 4.26. The lowest BCUT2D eigenvalue weighted by molar-refractivity contribution is 0.311. The minimum atomic E-state index is 0.0740. The molecule has 2 rings (SSSR count). The van der Waals surface area contributed by atoms with Gasteiger partial charge in [0.25, 0.3) is 0 Å². The van der Waals surface area contributed by atoms with Gasteiger partial charge in [-0.05, 0) is 19.1 Å². The zero-order chi connectivity index (χ0) is 13.5. The van der Waals surface area contributed by atoms with Crippen molar-refractivity contribution in [2.24, 2.45) is 0 Å². The van der Waals surface area contributed by atoms with Gasteiger partial charge in [0.15, 0.2) is 0 Å². The first-order chi connectivity index (χ1) is 9.28. The van der Waals surface area contributed by atoms with Gasteiger partial charge in [0.05, 0.1) is 6.61 Å². The van der Waals surface area contributed by atoms with E-state index in [2.05, 4.69) is 20.6 Å². The highest BCUT2D eigenvalue weighted by molar-refractivity contribution is 5.46. The molecule has 6 heteroatoms. The summed E-state index contributed by atoms with van der Waals surface area (Å²) in [6.45, 7) is 3.22. The summed E-state index contributed by atoms with van der Waals surface area (Å²) in [7, 11) is 0. The second-order valence-corrected chi connectivity index (χ2v) is 4.13. The summed E-state index contributed by atoms with van der Waals surface area (Å²) in [5.41, 5.74) is 0. The topological polar surface area (TPSA) is 83.2 Å². The molecule has 0 spiro atoms. The van der Waals surface area contributed by atoms with Gasteiger partial charge in [0.1, 0.15) is 29.5 Å². The van der Waals surface area contributed by atoms with Crippen molar-refractivity contribution in [3.05, 3.63) is 36.0 Å². The standard InChI is InChI=1S/C13H18N4O2/c1-10-2-3-11(19-10)4-5-14-12-8-13(15-6-7-18)17-9-16-12/h2-3,8-9,18H,4-7H2,1H3,(H2,14,15,16,17). The Morgan fingerprint density at radius 1 is 1.16 bits per heavy atom. The van der Waals surface area contributed by atoms with E-state index in [0.29, 0.717) is 12.4 Å². The number of anilines is 2. The van der Waals surface area contributed by atoms with Crippen LogP contribution in [-0.2, 0) is 6.42 Å². The maximum absolute atomic E-state index is 8.73. The van der Waals surface area contributed by atoms with E-state index in [1.807, 2.05) is 25.1 Å². The zero-order valence-electron chi connectivity index (χ0n) is 10.9. The van der Waals surface area contributed by atoms with Crippen LogP contribution in [0, 0.1) is 6.92 Å². The van der Waals surface area contributed by atoms with Crippen molar-refractivity contribution in [3.8, 4) is 0 Å². The second-order valence-electron chi connectivity index (χ2n) is 4.13. The molecule has 0 aromatic carbocycles. The first kappa shape index (κ1) is 13.4. The SMILES string of the molecule is Cc1ccc(CCNc2cc(NCCO)ncn2)o1. The van der Waals surface area contributed by atoms with Crippen molar-refractivity contribution >= 4 is 11.6 Å². The second kappa shape index (κ2) is 6.75. The molecule has 0 amide bonds. The molecule has 0 radical (unpaired) electrons. The smallest absolute Gasteiger partial charge is 0.131 e. The molecule has 0 fully saturated rings. The van der Waals surface area contributed by atoms with Gasteiger partial charge in [-0.15, -0.1) is 0 Å². The Hall–Kier alpha value is -2.08. The molecule has 0 aliphatic heterocycles. The lowest BCUT2D eigenvalue weighted by Gasteiger charge is -2.07. The number of hydrogen-bond acceptors (Lipinski definition) is 6. The number of aliphatic hydroxyl groups is 1. The van der Waals surface area contributed by atoms with E-state index >= 15 is 0 Å². The fourth-order valence-electron chi connectivity index (χ4n) is 1.67. The number of furan rings is 1. The predicted octanol–water partition coefficient (Wildman–Crippen LogP) is 1.44. The molecule has 102 valence electrons. The Balaban J connectivity index is 1.82. The molecule has 0 aliphatic rings. The van der Waals surface area contributed by atoms with Crippen LogP contribution >= 0.6 is 0 Å². The van der Waals surface area contributed by atoms with Crippen LogP contribution in [-0.4, -0.2) is 34.8 Å². The van der Waals surface area contributed by atoms with Crippen molar-refractivity contribution < 1.29 is 9.52 Å². The maximum Gasteiger partial charge on any atom is 0.131 e. The van der Waals surface area contributed by atoms with Crippen LogP contribution in [0.2, 0.25) is 0 Å². The van der Waals surface area contributed by atoms with E-state index < -0.39 is 0 Å². The molecule has 19 heavy (non-hydrogen) atoms. The van der Waals surface area contributed by atoms with E-state index in [0.717, 1.165) is 30.3 Å². The lowest BCUT2D eigenvalue weighted by atomic mass is 10.3. The fourth-order valence-corrected chi connectivity index (χ4v) is 1.67. The van der Waals surface area contributed by atoms with Crippen LogP contribution < -0.4 is 10.6 Å². The normalized spacial score (nSPS) is 10.4. The Morgan fingerprint density at radius 2 is 1.89 bits per heavy atom. The van der Waals surface area contributed by atoms with Gasteiger partial charge >= 0.3 is 0 Å². The fraction of sp³-hybridized carbons (Fsp3) is 0.385. The average Bonchev–Trinajstić information content (AvgIpc) is 2.83. The number of nitrogens with zero attached hydrogens (tertiary/aromatic N) is 2. The van der Waals surface area contributed by atoms with Gasteiger partial charge < -0.3 is 20.2 Å². The van der Waals surface area contributed by atoms with Crippen LogP contribution in [0.3, 0.4) is 0 Å². The number of nitrogens with one attached hydrogen (secondary N) is 2. The monoisotopic (exact) mass is 262 g/mol. The summed E-state index contributed by atoms with van der Waals surface area (Å²) in [4.78, 5) is 8.18. The van der Waals surface area contributed by atoms with Crippen LogP contribution in [0.1, 0.15) is 11.5 Å². The highest BCUT2D eigenvalue weighted by Gasteiger charge is 2.00. The first-order valence-corrected chi connectivity index (χ1v) is 6.24. The third-order valence-electron chi connectivity index (χ3n) is 2.56. The number of aliphatic hydroxyl groups excluding tert-OH is 1. The van der Waals surface area contributed by atoms with Crippen LogP contribution in [0.4, 0.5) is 11.6 Å². The largest absolute Gasteiger partial charge is 0.466 e. The summed E-state index contributed by atoms with van der Waals surface area (Å²) < 4.78 is 5.49. The number of hydrogen-bond donors (Lipinski definition) is 3. The highest BCUT2D eigenvalue weighted by Crippen LogP contribution is 2.10. The molecular weight excluding hydrogens is 244 g/mol. The summed E-state index contributed by atoms with van der Waals surface area (Å²) in [5.74, 6) is 3.32. The predicted molar refractivity (Wildman–Crippen MR) is 73.2 cm³/mol. The van der Waals surface area contributed by atoms with E-state index in [4.69, 9.17) is 9.52 Å². The molecule has 3 N–H and O–H groups in total. The summed E-state index contributed by atoms with van der Waals surface area (Å²) in [6.07, 6.45) is 2.29. The van der Waals surface area contributed by atoms with Gasteiger partial charge in [0, 0.05) is 25.6 Å². The van der Waals surface area contributed by atoms with E-state index in [1.54, 1.807) is 0 Å². The van der Waals surface area contributed by atoms with Gasteiger partial charge in [0.2, 0.25) is 0 Å². The van der Waals surface area contributed by atoms with Crippen molar-refractivity contribution in [2.45, 2.75) is 13.3 Å². The maximum atomic E-state index is 8.73. The summed E-state index contributed by atoms with van der Waals surface area (Å²) >= 11 is 0. The highest BCUT2D eigenvalue weighted by atomic mass is 16.3. The summed E-state index contributed by atoms with van der Waals surface area (Å²) in [5, 5.41) is 14.9. The summed E-state index contributed by atoms with van der Waals surface area (Å²) in [6, 6.07) is 5.74. The van der Waals surface area contributed by atoms with Gasteiger partial charge in [-0.1, -0.05) is 0 Å². The van der Waals surface area contributed by atoms with Gasteiger partial charge in [-0.2, -0.15) is 0 Å². The third-order valence-corrected chi connectivity index (χ3v) is 2.56. The minimum Gasteiger partial charge on any atom is -0.466 e. The van der Waals surface area contributed by atoms with Crippen molar-refractivity contribution in [1.29, 1.82) is 0 Å². The van der Waals surface area contributed by atoms with Crippen molar-refractivity contribution in [1.82, 2.24) is 9.97 Å². The Kier molecular flexibility index (Phi) is 4.74. The molecule has 6 nitrogen and oxygen atoms in total. The van der Waals surface area contributed by atoms with Gasteiger partial charge in [-0.25, -0.2) is 9.97 Å². The molecule has 0 saturated heterocycles. The number of rotatable bonds is 7. The molecule has 0 bridgehead atoms. The molecule has 0 atom stereocenters. The van der Waals surface area contributed by atoms with E-state index in [1.165, 1.54) is 6.33 Å². The van der Waals surface area contributed by atoms with Gasteiger partial charge in [-0.3, -0.25) is 0 Å². The van der Waals surface area contributed by atoms with Crippen LogP contribution in [0.15, 0.2) is 28.9 Å². The average molecular weight is 262 g/mol. The molecule has 0 aliphatic carbocycles. The molecular formula is C13H18N4O2. The van der Waals surface area contributed by atoms with Crippen LogP contribution in [0.5, 0.6) is 0 Å². The molecule has 0 unspecified atom stereocenters. The number of aryl methyl sites for hydroxylation is 1. The van der Waals surface area contributed by atoms with Crippen molar-refractivity contribution in [2.75, 3.05) is 30.3 Å². The minimum absolute atomic E-state index is 0.0740. The Labute approximate surface area is 111 Å². The van der Waals surface area contributed by atoms with Crippen LogP contribution in [0.25, 0.3) is 0 Å². The first-order valence-electron chi connectivity index (χ1n) is 6.24. The Bertz CT molecular complexity index is 513. The molecule has 2 heterocycles. The van der Waals surface area contributed by atoms with E-state index in [9.17, 15) is 0 Å². The zero-order valence-corrected chi connectivity index (χ0v) is 10.9. The quantitative estimate of drug-likeness (QED) is 0.700.